The summed E-state index contributed by atoms with van der Waals surface area (Å²) in [6.07, 6.45) is 3.45. The van der Waals surface area contributed by atoms with E-state index in [0.717, 1.165) is 37.2 Å². The lowest BCUT2D eigenvalue weighted by atomic mass is 9.85. The molecule has 1 atom stereocenters. The Balaban J connectivity index is 2.18. The largest absolute Gasteiger partial charge is 0.369 e. The summed E-state index contributed by atoms with van der Waals surface area (Å²) < 4.78 is 14.2. The maximum Gasteiger partial charge on any atom is 0.146 e. The van der Waals surface area contributed by atoms with Crippen molar-refractivity contribution in [3.8, 4) is 0 Å². The fourth-order valence-electron chi connectivity index (χ4n) is 2.73. The fourth-order valence-corrected chi connectivity index (χ4v) is 2.73. The van der Waals surface area contributed by atoms with E-state index < -0.39 is 0 Å². The number of halogens is 1. The molecule has 2 N–H and O–H groups in total. The number of nitrogens with zero attached hydrogens (tertiary/aromatic N) is 1. The van der Waals surface area contributed by atoms with Crippen LogP contribution in [0.25, 0.3) is 0 Å². The zero-order chi connectivity index (χ0) is 14.0. The molecule has 19 heavy (non-hydrogen) atoms. The smallest absolute Gasteiger partial charge is 0.146 e. The number of benzene rings is 1. The maximum atomic E-state index is 14.2. The summed E-state index contributed by atoms with van der Waals surface area (Å²) in [6.45, 7) is 8.35. The molecule has 0 radical (unpaired) electrons. The third kappa shape index (κ3) is 3.47. The SMILES string of the molecule is C[C@H](N)c1ccc(N2CCCC(C)(C)CC2)c(F)c1. The molecule has 106 valence electrons. The molecule has 0 aromatic heterocycles. The lowest BCUT2D eigenvalue weighted by Crippen LogP contribution is -2.26. The van der Waals surface area contributed by atoms with Gasteiger partial charge in [-0.2, -0.15) is 0 Å². The van der Waals surface area contributed by atoms with Crippen molar-refractivity contribution in [2.24, 2.45) is 11.1 Å². The number of rotatable bonds is 2. The minimum absolute atomic E-state index is 0.119. The van der Waals surface area contributed by atoms with Crippen molar-refractivity contribution in [3.05, 3.63) is 29.6 Å². The van der Waals surface area contributed by atoms with Gasteiger partial charge in [-0.25, -0.2) is 4.39 Å². The minimum atomic E-state index is -0.144. The van der Waals surface area contributed by atoms with E-state index in [1.54, 1.807) is 6.07 Å². The number of hydrogen-bond donors (Lipinski definition) is 1. The van der Waals surface area contributed by atoms with Gasteiger partial charge in [0.1, 0.15) is 5.82 Å². The van der Waals surface area contributed by atoms with Crippen molar-refractivity contribution in [2.75, 3.05) is 18.0 Å². The van der Waals surface area contributed by atoms with Crippen molar-refractivity contribution < 1.29 is 4.39 Å². The first-order chi connectivity index (χ1) is 8.89. The van der Waals surface area contributed by atoms with Crippen molar-refractivity contribution in [1.82, 2.24) is 0 Å². The summed E-state index contributed by atoms with van der Waals surface area (Å²) >= 11 is 0. The van der Waals surface area contributed by atoms with Crippen LogP contribution in [0.5, 0.6) is 0 Å². The van der Waals surface area contributed by atoms with Crippen molar-refractivity contribution in [3.63, 3.8) is 0 Å². The molecule has 1 aliphatic rings. The van der Waals surface area contributed by atoms with Gasteiger partial charge in [0.15, 0.2) is 0 Å². The molecule has 1 fully saturated rings. The summed E-state index contributed by atoms with van der Waals surface area (Å²) in [7, 11) is 0. The van der Waals surface area contributed by atoms with Crippen LogP contribution in [0.3, 0.4) is 0 Å². The van der Waals surface area contributed by atoms with Crippen LogP contribution in [0.2, 0.25) is 0 Å². The minimum Gasteiger partial charge on any atom is -0.369 e. The lowest BCUT2D eigenvalue weighted by molar-refractivity contribution is 0.325. The first-order valence-corrected chi connectivity index (χ1v) is 7.19. The predicted octanol–water partition coefficient (Wildman–Crippen LogP) is 3.86. The van der Waals surface area contributed by atoms with Crippen LogP contribution in [0, 0.1) is 11.2 Å². The summed E-state index contributed by atoms with van der Waals surface area (Å²) in [5.41, 5.74) is 7.75. The van der Waals surface area contributed by atoms with Crippen molar-refractivity contribution in [2.45, 2.75) is 46.1 Å². The summed E-state index contributed by atoms with van der Waals surface area (Å²) in [5.74, 6) is -0.144. The molecular weight excluding hydrogens is 239 g/mol. The Morgan fingerprint density at radius 1 is 1.26 bits per heavy atom. The average Bonchev–Trinajstić information content (AvgIpc) is 2.50. The molecule has 0 aliphatic carbocycles. The second-order valence-electron chi connectivity index (χ2n) is 6.50. The Kier molecular flexibility index (Phi) is 4.14. The number of hydrogen-bond acceptors (Lipinski definition) is 2. The van der Waals surface area contributed by atoms with Crippen LogP contribution in [0.1, 0.15) is 51.6 Å². The third-order valence-corrected chi connectivity index (χ3v) is 4.18. The van der Waals surface area contributed by atoms with Gasteiger partial charge in [0.05, 0.1) is 5.69 Å². The molecule has 2 rings (SSSR count). The van der Waals surface area contributed by atoms with Gasteiger partial charge in [-0.05, 0) is 49.3 Å². The number of nitrogens with two attached hydrogens (primary N) is 1. The Labute approximate surface area is 115 Å². The second kappa shape index (κ2) is 5.49. The molecule has 1 heterocycles. The van der Waals surface area contributed by atoms with Crippen LogP contribution < -0.4 is 10.6 Å². The summed E-state index contributed by atoms with van der Waals surface area (Å²) in [5, 5.41) is 0. The second-order valence-corrected chi connectivity index (χ2v) is 6.50. The maximum absolute atomic E-state index is 14.2. The third-order valence-electron chi connectivity index (χ3n) is 4.18. The van der Waals surface area contributed by atoms with E-state index in [1.807, 2.05) is 19.1 Å². The Morgan fingerprint density at radius 2 is 2.00 bits per heavy atom. The first-order valence-electron chi connectivity index (χ1n) is 7.19. The molecule has 0 spiro atoms. The Morgan fingerprint density at radius 3 is 2.63 bits per heavy atom. The molecule has 1 aromatic carbocycles. The molecule has 0 saturated carbocycles. The predicted molar refractivity (Wildman–Crippen MR) is 78.8 cm³/mol. The standard InChI is InChI=1S/C16H25FN2/c1-12(18)13-5-6-15(14(17)11-13)19-9-4-7-16(2,3)8-10-19/h5-6,11-12H,4,7-10,18H2,1-3H3/t12-/m0/s1. The normalized spacial score (nSPS) is 21.0. The quantitative estimate of drug-likeness (QED) is 0.878. The molecule has 0 amide bonds. The highest BCUT2D eigenvalue weighted by Gasteiger charge is 2.24. The molecule has 2 nitrogen and oxygen atoms in total. The van der Waals surface area contributed by atoms with E-state index in [9.17, 15) is 4.39 Å². The first kappa shape index (κ1) is 14.3. The monoisotopic (exact) mass is 264 g/mol. The van der Waals surface area contributed by atoms with Crippen LogP contribution in [0.15, 0.2) is 18.2 Å². The highest BCUT2D eigenvalue weighted by atomic mass is 19.1. The highest BCUT2D eigenvalue weighted by Crippen LogP contribution is 2.32. The van der Waals surface area contributed by atoms with Gasteiger partial charge in [-0.1, -0.05) is 19.9 Å². The Bertz CT molecular complexity index is 440. The zero-order valence-corrected chi connectivity index (χ0v) is 12.2. The topological polar surface area (TPSA) is 29.3 Å². The van der Waals surface area contributed by atoms with Crippen LogP contribution >= 0.6 is 0 Å². The van der Waals surface area contributed by atoms with Gasteiger partial charge in [-0.3, -0.25) is 0 Å². The van der Waals surface area contributed by atoms with Gasteiger partial charge in [-0.15, -0.1) is 0 Å². The zero-order valence-electron chi connectivity index (χ0n) is 12.2. The van der Waals surface area contributed by atoms with E-state index in [1.165, 1.54) is 6.42 Å². The van der Waals surface area contributed by atoms with Crippen LogP contribution in [-0.2, 0) is 0 Å². The molecular formula is C16H25FN2. The van der Waals surface area contributed by atoms with E-state index in [-0.39, 0.29) is 11.9 Å². The van der Waals surface area contributed by atoms with E-state index in [4.69, 9.17) is 5.73 Å². The van der Waals surface area contributed by atoms with E-state index in [2.05, 4.69) is 18.7 Å². The lowest BCUT2D eigenvalue weighted by Gasteiger charge is -2.25. The number of anilines is 1. The Hall–Kier alpha value is -1.09. The molecule has 1 aliphatic heterocycles. The molecule has 0 bridgehead atoms. The van der Waals surface area contributed by atoms with Gasteiger partial charge in [0, 0.05) is 19.1 Å². The van der Waals surface area contributed by atoms with Crippen LogP contribution in [-0.4, -0.2) is 13.1 Å². The highest BCUT2D eigenvalue weighted by molar-refractivity contribution is 5.49. The molecule has 1 saturated heterocycles. The fraction of sp³-hybridized carbons (Fsp3) is 0.625. The van der Waals surface area contributed by atoms with Crippen molar-refractivity contribution >= 4 is 5.69 Å². The van der Waals surface area contributed by atoms with Gasteiger partial charge in [0.25, 0.3) is 0 Å². The van der Waals surface area contributed by atoms with Gasteiger partial charge >= 0.3 is 0 Å². The van der Waals surface area contributed by atoms with Crippen LogP contribution in [0.4, 0.5) is 10.1 Å². The van der Waals surface area contributed by atoms with Gasteiger partial charge < -0.3 is 10.6 Å². The average molecular weight is 264 g/mol. The van der Waals surface area contributed by atoms with Crippen molar-refractivity contribution in [1.29, 1.82) is 0 Å². The summed E-state index contributed by atoms with van der Waals surface area (Å²) in [4.78, 5) is 2.18. The molecule has 3 heteroatoms. The summed E-state index contributed by atoms with van der Waals surface area (Å²) in [6, 6.07) is 5.29. The van der Waals surface area contributed by atoms with E-state index in [0.29, 0.717) is 5.41 Å². The molecule has 1 aromatic rings. The molecule has 0 unspecified atom stereocenters. The van der Waals surface area contributed by atoms with Gasteiger partial charge in [0.2, 0.25) is 0 Å². The van der Waals surface area contributed by atoms with E-state index >= 15 is 0 Å².